The molecular weight excluding hydrogens is 222 g/mol. The van der Waals surface area contributed by atoms with E-state index in [-0.39, 0.29) is 12.4 Å². The SMILES string of the molecule is Cc1ncccc1CN1CCNC[C@@H]1C.Cl. The van der Waals surface area contributed by atoms with Crippen LogP contribution in [0.1, 0.15) is 18.2 Å². The van der Waals surface area contributed by atoms with Gasteiger partial charge in [0.15, 0.2) is 0 Å². The largest absolute Gasteiger partial charge is 0.314 e. The first-order chi connectivity index (χ1) is 7.27. The van der Waals surface area contributed by atoms with E-state index in [1.54, 1.807) is 0 Å². The molecule has 2 heterocycles. The molecule has 0 spiro atoms. The summed E-state index contributed by atoms with van der Waals surface area (Å²) < 4.78 is 0. The van der Waals surface area contributed by atoms with Crippen LogP contribution in [0, 0.1) is 6.92 Å². The number of aromatic nitrogens is 1. The summed E-state index contributed by atoms with van der Waals surface area (Å²) in [6, 6.07) is 4.82. The number of nitrogens with one attached hydrogen (secondary N) is 1. The van der Waals surface area contributed by atoms with Gasteiger partial charge in [0.05, 0.1) is 0 Å². The Balaban J connectivity index is 0.00000128. The molecule has 1 atom stereocenters. The standard InChI is InChI=1S/C12H19N3.ClH/c1-10-8-13-6-7-15(10)9-12-4-3-5-14-11(12)2;/h3-5,10,13H,6-9H2,1-2H3;1H/t10-;/m0./s1. The Kier molecular flexibility index (Phi) is 5.19. The fourth-order valence-electron chi connectivity index (χ4n) is 2.02. The molecule has 1 aliphatic heterocycles. The summed E-state index contributed by atoms with van der Waals surface area (Å²) in [5.74, 6) is 0. The Morgan fingerprint density at radius 1 is 1.56 bits per heavy atom. The Bertz CT molecular complexity index is 330. The van der Waals surface area contributed by atoms with E-state index in [0.717, 1.165) is 31.9 Å². The maximum absolute atomic E-state index is 4.33. The Morgan fingerprint density at radius 2 is 2.38 bits per heavy atom. The highest BCUT2D eigenvalue weighted by atomic mass is 35.5. The molecule has 0 bridgehead atoms. The van der Waals surface area contributed by atoms with Gasteiger partial charge in [-0.2, -0.15) is 0 Å². The van der Waals surface area contributed by atoms with Gasteiger partial charge in [-0.25, -0.2) is 0 Å². The summed E-state index contributed by atoms with van der Waals surface area (Å²) in [5, 5.41) is 3.41. The molecule has 0 aromatic carbocycles. The van der Waals surface area contributed by atoms with Crippen LogP contribution in [0.4, 0.5) is 0 Å². The van der Waals surface area contributed by atoms with Crippen molar-refractivity contribution >= 4 is 12.4 Å². The van der Waals surface area contributed by atoms with Gasteiger partial charge in [0.1, 0.15) is 0 Å². The number of aryl methyl sites for hydroxylation is 1. The molecule has 0 radical (unpaired) electrons. The van der Waals surface area contributed by atoms with Gasteiger partial charge in [0, 0.05) is 44.1 Å². The Morgan fingerprint density at radius 3 is 3.06 bits per heavy atom. The number of halogens is 1. The molecule has 1 aromatic rings. The molecule has 3 nitrogen and oxygen atoms in total. The first-order valence-electron chi connectivity index (χ1n) is 5.62. The van der Waals surface area contributed by atoms with Gasteiger partial charge in [0.25, 0.3) is 0 Å². The zero-order chi connectivity index (χ0) is 10.7. The number of hydrogen-bond donors (Lipinski definition) is 1. The molecule has 90 valence electrons. The highest BCUT2D eigenvalue weighted by Gasteiger charge is 2.18. The smallest absolute Gasteiger partial charge is 0.0417 e. The number of rotatable bonds is 2. The first kappa shape index (κ1) is 13.4. The van der Waals surface area contributed by atoms with Crippen molar-refractivity contribution in [2.45, 2.75) is 26.4 Å². The molecule has 4 heteroatoms. The minimum atomic E-state index is 0. The maximum atomic E-state index is 4.33. The predicted molar refractivity (Wildman–Crippen MR) is 69.0 cm³/mol. The van der Waals surface area contributed by atoms with Crippen molar-refractivity contribution in [3.05, 3.63) is 29.6 Å². The molecule has 0 unspecified atom stereocenters. The number of pyridine rings is 1. The topological polar surface area (TPSA) is 28.2 Å². The van der Waals surface area contributed by atoms with Gasteiger partial charge in [-0.3, -0.25) is 9.88 Å². The molecule has 2 rings (SSSR count). The van der Waals surface area contributed by atoms with Crippen molar-refractivity contribution in [1.82, 2.24) is 15.2 Å². The minimum Gasteiger partial charge on any atom is -0.314 e. The highest BCUT2D eigenvalue weighted by molar-refractivity contribution is 5.85. The van der Waals surface area contributed by atoms with E-state index in [4.69, 9.17) is 0 Å². The number of piperazine rings is 1. The lowest BCUT2D eigenvalue weighted by Crippen LogP contribution is -2.49. The van der Waals surface area contributed by atoms with Gasteiger partial charge in [-0.1, -0.05) is 6.07 Å². The van der Waals surface area contributed by atoms with E-state index >= 15 is 0 Å². The summed E-state index contributed by atoms with van der Waals surface area (Å²) in [6.45, 7) is 8.72. The van der Waals surface area contributed by atoms with Gasteiger partial charge >= 0.3 is 0 Å². The predicted octanol–water partition coefficient (Wildman–Crippen LogP) is 1.61. The molecule has 0 aliphatic carbocycles. The van der Waals surface area contributed by atoms with Crippen LogP contribution >= 0.6 is 12.4 Å². The molecule has 0 amide bonds. The van der Waals surface area contributed by atoms with Crippen LogP contribution in [0.5, 0.6) is 0 Å². The second-order valence-corrected chi connectivity index (χ2v) is 4.27. The van der Waals surface area contributed by atoms with Crippen LogP contribution in [0.25, 0.3) is 0 Å². The van der Waals surface area contributed by atoms with E-state index in [9.17, 15) is 0 Å². The molecule has 1 aliphatic rings. The highest BCUT2D eigenvalue weighted by Crippen LogP contribution is 2.11. The Labute approximate surface area is 104 Å². The molecule has 1 N–H and O–H groups in total. The lowest BCUT2D eigenvalue weighted by atomic mass is 10.1. The summed E-state index contributed by atoms with van der Waals surface area (Å²) >= 11 is 0. The Hall–Kier alpha value is -0.640. The van der Waals surface area contributed by atoms with Crippen molar-refractivity contribution in [3.8, 4) is 0 Å². The molecule has 0 saturated carbocycles. The number of hydrogen-bond acceptors (Lipinski definition) is 3. The van der Waals surface area contributed by atoms with Crippen LogP contribution in [-0.2, 0) is 6.54 Å². The summed E-state index contributed by atoms with van der Waals surface area (Å²) in [7, 11) is 0. The van der Waals surface area contributed by atoms with Crippen molar-refractivity contribution in [3.63, 3.8) is 0 Å². The van der Waals surface area contributed by atoms with Gasteiger partial charge in [0.2, 0.25) is 0 Å². The third kappa shape index (κ3) is 3.17. The lowest BCUT2D eigenvalue weighted by Gasteiger charge is -2.34. The molecule has 1 saturated heterocycles. The fourth-order valence-corrected chi connectivity index (χ4v) is 2.02. The van der Waals surface area contributed by atoms with Crippen molar-refractivity contribution < 1.29 is 0 Å². The van der Waals surface area contributed by atoms with Crippen LogP contribution in [0.2, 0.25) is 0 Å². The van der Waals surface area contributed by atoms with E-state index in [0.29, 0.717) is 6.04 Å². The van der Waals surface area contributed by atoms with Gasteiger partial charge in [-0.15, -0.1) is 12.4 Å². The maximum Gasteiger partial charge on any atom is 0.0417 e. The molecule has 1 fully saturated rings. The van der Waals surface area contributed by atoms with Crippen molar-refractivity contribution in [2.75, 3.05) is 19.6 Å². The first-order valence-corrected chi connectivity index (χ1v) is 5.62. The quantitative estimate of drug-likeness (QED) is 0.853. The number of nitrogens with zero attached hydrogens (tertiary/aromatic N) is 2. The minimum absolute atomic E-state index is 0. The molecule has 16 heavy (non-hydrogen) atoms. The summed E-state index contributed by atoms with van der Waals surface area (Å²) in [4.78, 5) is 6.84. The average Bonchev–Trinajstić information content (AvgIpc) is 2.24. The van der Waals surface area contributed by atoms with Gasteiger partial charge < -0.3 is 5.32 Å². The van der Waals surface area contributed by atoms with Crippen LogP contribution in [0.15, 0.2) is 18.3 Å². The zero-order valence-electron chi connectivity index (χ0n) is 9.94. The van der Waals surface area contributed by atoms with Crippen LogP contribution in [0.3, 0.4) is 0 Å². The summed E-state index contributed by atoms with van der Waals surface area (Å²) in [6.07, 6.45) is 1.86. The third-order valence-electron chi connectivity index (χ3n) is 3.13. The van der Waals surface area contributed by atoms with Crippen LogP contribution < -0.4 is 5.32 Å². The average molecular weight is 242 g/mol. The summed E-state index contributed by atoms with van der Waals surface area (Å²) in [5.41, 5.74) is 2.51. The van der Waals surface area contributed by atoms with E-state index in [1.807, 2.05) is 12.3 Å². The monoisotopic (exact) mass is 241 g/mol. The third-order valence-corrected chi connectivity index (χ3v) is 3.13. The van der Waals surface area contributed by atoms with E-state index in [1.165, 1.54) is 5.56 Å². The molecule has 1 aromatic heterocycles. The van der Waals surface area contributed by atoms with Crippen molar-refractivity contribution in [2.24, 2.45) is 0 Å². The second-order valence-electron chi connectivity index (χ2n) is 4.27. The second kappa shape index (κ2) is 6.18. The van der Waals surface area contributed by atoms with Crippen LogP contribution in [-0.4, -0.2) is 35.6 Å². The fraction of sp³-hybridized carbons (Fsp3) is 0.583. The molecular formula is C12H20ClN3. The van der Waals surface area contributed by atoms with E-state index in [2.05, 4.69) is 35.1 Å². The normalized spacial score (nSPS) is 21.5. The van der Waals surface area contributed by atoms with Crippen molar-refractivity contribution in [1.29, 1.82) is 0 Å². The zero-order valence-corrected chi connectivity index (χ0v) is 10.8. The van der Waals surface area contributed by atoms with E-state index < -0.39 is 0 Å². The van der Waals surface area contributed by atoms with Gasteiger partial charge in [-0.05, 0) is 25.5 Å². The lowest BCUT2D eigenvalue weighted by molar-refractivity contribution is 0.165.